The van der Waals surface area contributed by atoms with Gasteiger partial charge in [-0.3, -0.25) is 14.4 Å². The monoisotopic (exact) mass is 347 g/mol. The summed E-state index contributed by atoms with van der Waals surface area (Å²) in [6, 6.07) is 1.75. The first-order chi connectivity index (χ1) is 12.1. The standard InChI is InChI=1S/C17H25N5O3/c1-13-15(10-22(19-13)6-7-23)9-20-4-5-21(12-16(24)11-20)17(25)14-2-3-18-8-14/h2-3,8,10,16,18,23-24H,4-7,9,11-12H2,1H3/t16-/m1/s1. The Labute approximate surface area is 146 Å². The molecule has 1 saturated heterocycles. The number of aryl methyl sites for hydroxylation is 1. The van der Waals surface area contributed by atoms with Crippen LogP contribution >= 0.6 is 0 Å². The minimum Gasteiger partial charge on any atom is -0.394 e. The van der Waals surface area contributed by atoms with E-state index < -0.39 is 6.10 Å². The van der Waals surface area contributed by atoms with Gasteiger partial charge in [-0.15, -0.1) is 0 Å². The van der Waals surface area contributed by atoms with E-state index in [0.717, 1.165) is 11.3 Å². The summed E-state index contributed by atoms with van der Waals surface area (Å²) in [7, 11) is 0. The highest BCUT2D eigenvalue weighted by atomic mass is 16.3. The second-order valence-corrected chi connectivity index (χ2v) is 6.47. The molecule has 25 heavy (non-hydrogen) atoms. The van der Waals surface area contributed by atoms with Crippen molar-refractivity contribution in [1.29, 1.82) is 0 Å². The lowest BCUT2D eigenvalue weighted by molar-refractivity contribution is 0.0663. The number of aliphatic hydroxyl groups is 2. The average molecular weight is 347 g/mol. The molecule has 2 aromatic heterocycles. The van der Waals surface area contributed by atoms with Crippen LogP contribution in [0.5, 0.6) is 0 Å². The van der Waals surface area contributed by atoms with Crippen molar-refractivity contribution in [2.75, 3.05) is 32.8 Å². The van der Waals surface area contributed by atoms with Crippen molar-refractivity contribution < 1.29 is 15.0 Å². The molecule has 0 aliphatic carbocycles. The molecule has 0 spiro atoms. The van der Waals surface area contributed by atoms with Crippen LogP contribution in [0.2, 0.25) is 0 Å². The molecule has 1 fully saturated rings. The molecular formula is C17H25N5O3. The molecule has 0 saturated carbocycles. The lowest BCUT2D eigenvalue weighted by Gasteiger charge is -2.21. The molecule has 8 heteroatoms. The number of hydrogen-bond acceptors (Lipinski definition) is 5. The molecule has 0 unspecified atom stereocenters. The van der Waals surface area contributed by atoms with E-state index in [-0.39, 0.29) is 12.5 Å². The van der Waals surface area contributed by atoms with Gasteiger partial charge < -0.3 is 20.1 Å². The first-order valence-corrected chi connectivity index (χ1v) is 8.53. The molecule has 3 N–H and O–H groups in total. The number of carbonyl (C=O) groups is 1. The fraction of sp³-hybridized carbons (Fsp3) is 0.529. The number of amides is 1. The molecule has 0 bridgehead atoms. The van der Waals surface area contributed by atoms with Gasteiger partial charge in [-0.1, -0.05) is 0 Å². The van der Waals surface area contributed by atoms with Gasteiger partial charge in [0.25, 0.3) is 5.91 Å². The van der Waals surface area contributed by atoms with Crippen molar-refractivity contribution in [3.63, 3.8) is 0 Å². The highest BCUT2D eigenvalue weighted by Crippen LogP contribution is 2.14. The molecule has 1 aliphatic heterocycles. The zero-order chi connectivity index (χ0) is 17.8. The maximum absolute atomic E-state index is 12.5. The zero-order valence-corrected chi connectivity index (χ0v) is 14.4. The lowest BCUT2D eigenvalue weighted by Crippen LogP contribution is -2.37. The Morgan fingerprint density at radius 2 is 2.24 bits per heavy atom. The molecule has 1 amide bonds. The molecule has 1 atom stereocenters. The van der Waals surface area contributed by atoms with Crippen LogP contribution in [-0.2, 0) is 13.1 Å². The number of β-amino-alcohol motifs (C(OH)–C–C–N with tert-alkyl or cyclic N) is 1. The Bertz CT molecular complexity index is 697. The van der Waals surface area contributed by atoms with Crippen LogP contribution in [0.25, 0.3) is 0 Å². The number of hydrogen-bond donors (Lipinski definition) is 3. The molecule has 2 aromatic rings. The van der Waals surface area contributed by atoms with Crippen molar-refractivity contribution in [3.05, 3.63) is 41.5 Å². The van der Waals surface area contributed by atoms with Crippen molar-refractivity contribution in [1.82, 2.24) is 24.6 Å². The van der Waals surface area contributed by atoms with Gasteiger partial charge in [-0.2, -0.15) is 5.10 Å². The van der Waals surface area contributed by atoms with E-state index in [1.54, 1.807) is 28.0 Å². The van der Waals surface area contributed by atoms with Gasteiger partial charge in [-0.25, -0.2) is 0 Å². The summed E-state index contributed by atoms with van der Waals surface area (Å²) in [6.45, 7) is 5.26. The molecule has 0 radical (unpaired) electrons. The Kier molecular flexibility index (Phi) is 5.52. The van der Waals surface area contributed by atoms with E-state index in [9.17, 15) is 9.90 Å². The van der Waals surface area contributed by atoms with E-state index in [2.05, 4.69) is 15.0 Å². The minimum atomic E-state index is -0.585. The van der Waals surface area contributed by atoms with Crippen LogP contribution in [0.4, 0.5) is 0 Å². The van der Waals surface area contributed by atoms with Crippen molar-refractivity contribution in [2.24, 2.45) is 0 Å². The fourth-order valence-electron chi connectivity index (χ4n) is 3.19. The third-order valence-electron chi connectivity index (χ3n) is 4.49. The Morgan fingerprint density at radius 1 is 1.40 bits per heavy atom. The Hall–Kier alpha value is -2.16. The van der Waals surface area contributed by atoms with Crippen molar-refractivity contribution in [3.8, 4) is 0 Å². The lowest BCUT2D eigenvalue weighted by atomic mass is 10.2. The van der Waals surface area contributed by atoms with Crippen LogP contribution in [-0.4, -0.2) is 79.6 Å². The first-order valence-electron chi connectivity index (χ1n) is 8.53. The quantitative estimate of drug-likeness (QED) is 0.698. The van der Waals surface area contributed by atoms with Gasteiger partial charge in [0, 0.05) is 56.9 Å². The maximum atomic E-state index is 12.5. The van der Waals surface area contributed by atoms with Gasteiger partial charge in [0.05, 0.1) is 30.5 Å². The van der Waals surface area contributed by atoms with Gasteiger partial charge >= 0.3 is 0 Å². The highest BCUT2D eigenvalue weighted by molar-refractivity contribution is 5.94. The summed E-state index contributed by atoms with van der Waals surface area (Å²) < 4.78 is 1.74. The summed E-state index contributed by atoms with van der Waals surface area (Å²) in [4.78, 5) is 19.2. The number of nitrogens with zero attached hydrogens (tertiary/aromatic N) is 4. The third-order valence-corrected chi connectivity index (χ3v) is 4.49. The van der Waals surface area contributed by atoms with E-state index >= 15 is 0 Å². The Balaban J connectivity index is 1.64. The second-order valence-electron chi connectivity index (χ2n) is 6.47. The number of aromatic amines is 1. The molecule has 1 aliphatic rings. The summed E-state index contributed by atoms with van der Waals surface area (Å²) in [5.41, 5.74) is 2.61. The van der Waals surface area contributed by atoms with Crippen molar-refractivity contribution in [2.45, 2.75) is 26.1 Å². The third kappa shape index (κ3) is 4.28. The second kappa shape index (κ2) is 7.81. The van der Waals surface area contributed by atoms with Crippen LogP contribution in [0.1, 0.15) is 21.6 Å². The van der Waals surface area contributed by atoms with Crippen LogP contribution in [0.15, 0.2) is 24.7 Å². The summed E-state index contributed by atoms with van der Waals surface area (Å²) in [5.74, 6) is -0.0610. The minimum absolute atomic E-state index is 0.0548. The van der Waals surface area contributed by atoms with Gasteiger partial charge in [0.15, 0.2) is 0 Å². The number of aromatic nitrogens is 3. The summed E-state index contributed by atoms with van der Waals surface area (Å²) in [6.07, 6.45) is 4.75. The fourth-order valence-corrected chi connectivity index (χ4v) is 3.19. The molecule has 8 nitrogen and oxygen atoms in total. The van der Waals surface area contributed by atoms with E-state index in [1.807, 2.05) is 13.1 Å². The number of rotatable bonds is 5. The first kappa shape index (κ1) is 17.7. The molecule has 3 heterocycles. The smallest absolute Gasteiger partial charge is 0.255 e. The Morgan fingerprint density at radius 3 is 2.96 bits per heavy atom. The molecule has 3 rings (SSSR count). The van der Waals surface area contributed by atoms with Crippen molar-refractivity contribution >= 4 is 5.91 Å². The summed E-state index contributed by atoms with van der Waals surface area (Å²) >= 11 is 0. The highest BCUT2D eigenvalue weighted by Gasteiger charge is 2.25. The van der Waals surface area contributed by atoms with Crippen LogP contribution in [0.3, 0.4) is 0 Å². The average Bonchev–Trinajstić information content (AvgIpc) is 3.17. The van der Waals surface area contributed by atoms with E-state index in [0.29, 0.717) is 44.8 Å². The number of aliphatic hydroxyl groups excluding tert-OH is 2. The zero-order valence-electron chi connectivity index (χ0n) is 14.4. The largest absolute Gasteiger partial charge is 0.394 e. The summed E-state index contributed by atoms with van der Waals surface area (Å²) in [5, 5.41) is 23.7. The maximum Gasteiger partial charge on any atom is 0.255 e. The van der Waals surface area contributed by atoms with Gasteiger partial charge in [0.2, 0.25) is 0 Å². The van der Waals surface area contributed by atoms with E-state index in [1.165, 1.54) is 0 Å². The van der Waals surface area contributed by atoms with Gasteiger partial charge in [-0.05, 0) is 13.0 Å². The van der Waals surface area contributed by atoms with Crippen LogP contribution in [0, 0.1) is 6.92 Å². The number of H-pyrrole nitrogens is 1. The predicted molar refractivity (Wildman–Crippen MR) is 92.0 cm³/mol. The molecule has 136 valence electrons. The van der Waals surface area contributed by atoms with E-state index in [4.69, 9.17) is 5.11 Å². The number of nitrogens with one attached hydrogen (secondary N) is 1. The molecular weight excluding hydrogens is 322 g/mol. The number of carbonyl (C=O) groups excluding carboxylic acids is 1. The SMILES string of the molecule is Cc1nn(CCO)cc1CN1CCN(C(=O)c2cc[nH]c2)C[C@H](O)C1. The topological polar surface area (TPSA) is 97.6 Å². The van der Waals surface area contributed by atoms with Crippen LogP contribution < -0.4 is 0 Å². The molecule has 0 aromatic carbocycles. The predicted octanol–water partition coefficient (Wildman–Crippen LogP) is -0.169. The van der Waals surface area contributed by atoms with Gasteiger partial charge in [0.1, 0.15) is 0 Å². The normalized spacial score (nSPS) is 19.2.